The van der Waals surface area contributed by atoms with Gasteiger partial charge in [-0.1, -0.05) is 6.07 Å². The number of rotatable bonds is 6. The number of hydrogen-bond donors (Lipinski definition) is 2. The van der Waals surface area contributed by atoms with Gasteiger partial charge in [-0.15, -0.1) is 0 Å². The van der Waals surface area contributed by atoms with E-state index >= 15 is 0 Å². The Labute approximate surface area is 119 Å². The largest absolute Gasteiger partial charge is 0.396 e. The molecular weight excluding hydrogens is 280 g/mol. The van der Waals surface area contributed by atoms with E-state index in [2.05, 4.69) is 5.32 Å². The maximum absolute atomic E-state index is 12.0. The van der Waals surface area contributed by atoms with Gasteiger partial charge in [0.25, 0.3) is 0 Å². The molecule has 0 heterocycles. The first kappa shape index (κ1) is 16.6. The number of anilines is 1. The number of benzene rings is 1. The Morgan fingerprint density at radius 1 is 1.35 bits per heavy atom. The summed E-state index contributed by atoms with van der Waals surface area (Å²) in [6, 6.07) is 4.60. The van der Waals surface area contributed by atoms with E-state index in [1.165, 1.54) is 26.2 Å². The van der Waals surface area contributed by atoms with Crippen molar-refractivity contribution >= 4 is 21.6 Å². The van der Waals surface area contributed by atoms with Crippen molar-refractivity contribution in [2.24, 2.45) is 0 Å². The summed E-state index contributed by atoms with van der Waals surface area (Å²) in [6.45, 7) is 1.73. The first-order valence-electron chi connectivity index (χ1n) is 6.23. The smallest absolute Gasteiger partial charge is 0.242 e. The Bertz CT molecular complexity index is 582. The van der Waals surface area contributed by atoms with Crippen LogP contribution in [-0.4, -0.2) is 44.4 Å². The minimum atomic E-state index is -3.53. The third kappa shape index (κ3) is 4.03. The van der Waals surface area contributed by atoms with Crippen molar-refractivity contribution in [2.75, 3.05) is 26.0 Å². The Morgan fingerprint density at radius 3 is 2.55 bits per heavy atom. The molecule has 0 spiro atoms. The van der Waals surface area contributed by atoms with Crippen LogP contribution >= 0.6 is 0 Å². The quantitative estimate of drug-likeness (QED) is 0.819. The minimum absolute atomic E-state index is 0.0541. The molecule has 0 unspecified atom stereocenters. The number of aliphatic hydroxyl groups excluding tert-OH is 1. The molecule has 0 saturated carbocycles. The standard InChI is InChI=1S/C13H20N2O4S/c1-10-6-7-11(20(18,19)15(2)3)9-12(10)14-13(17)5-4-8-16/h6-7,9,16H,4-5,8H2,1-3H3,(H,14,17). The molecule has 0 aromatic heterocycles. The third-order valence-corrected chi connectivity index (χ3v) is 4.63. The number of nitrogens with one attached hydrogen (secondary N) is 1. The normalized spacial score (nSPS) is 11.7. The molecule has 0 fully saturated rings. The predicted molar refractivity (Wildman–Crippen MR) is 77.0 cm³/mol. The molecule has 20 heavy (non-hydrogen) atoms. The van der Waals surface area contributed by atoms with Crippen molar-refractivity contribution < 1.29 is 18.3 Å². The number of aryl methyl sites for hydroxylation is 1. The lowest BCUT2D eigenvalue weighted by Crippen LogP contribution is -2.22. The fraction of sp³-hybridized carbons (Fsp3) is 0.462. The third-order valence-electron chi connectivity index (χ3n) is 2.82. The molecular formula is C13H20N2O4S. The van der Waals surface area contributed by atoms with Crippen LogP contribution in [0.4, 0.5) is 5.69 Å². The number of sulfonamides is 1. The van der Waals surface area contributed by atoms with E-state index in [0.717, 1.165) is 9.87 Å². The molecule has 6 nitrogen and oxygen atoms in total. The minimum Gasteiger partial charge on any atom is -0.396 e. The zero-order valence-electron chi connectivity index (χ0n) is 11.9. The number of hydrogen-bond acceptors (Lipinski definition) is 4. The fourth-order valence-electron chi connectivity index (χ4n) is 1.56. The van der Waals surface area contributed by atoms with Gasteiger partial charge in [-0.2, -0.15) is 0 Å². The number of carbonyl (C=O) groups is 1. The Balaban J connectivity index is 3.01. The van der Waals surface area contributed by atoms with Gasteiger partial charge in [0.2, 0.25) is 15.9 Å². The maximum Gasteiger partial charge on any atom is 0.242 e. The van der Waals surface area contributed by atoms with Crippen molar-refractivity contribution in [1.29, 1.82) is 0 Å². The summed E-state index contributed by atoms with van der Waals surface area (Å²) in [5.74, 6) is -0.249. The van der Waals surface area contributed by atoms with Gasteiger partial charge in [-0.05, 0) is 31.0 Å². The molecule has 0 aliphatic rings. The van der Waals surface area contributed by atoms with Gasteiger partial charge >= 0.3 is 0 Å². The summed E-state index contributed by atoms with van der Waals surface area (Å²) >= 11 is 0. The number of carbonyl (C=O) groups excluding carboxylic acids is 1. The van der Waals surface area contributed by atoms with Gasteiger partial charge in [-0.3, -0.25) is 4.79 Å². The molecule has 1 aromatic carbocycles. The number of nitrogens with zero attached hydrogens (tertiary/aromatic N) is 1. The molecule has 0 saturated heterocycles. The summed E-state index contributed by atoms with van der Waals surface area (Å²) in [6.07, 6.45) is 0.571. The second-order valence-electron chi connectivity index (χ2n) is 4.64. The summed E-state index contributed by atoms with van der Waals surface area (Å²) in [5.41, 5.74) is 1.25. The van der Waals surface area contributed by atoms with E-state index in [0.29, 0.717) is 12.1 Å². The van der Waals surface area contributed by atoms with Crippen LogP contribution < -0.4 is 5.32 Å². The molecule has 0 aliphatic heterocycles. The summed E-state index contributed by atoms with van der Waals surface area (Å²) < 4.78 is 25.2. The lowest BCUT2D eigenvalue weighted by molar-refractivity contribution is -0.116. The maximum atomic E-state index is 12.0. The molecule has 2 N–H and O–H groups in total. The zero-order valence-corrected chi connectivity index (χ0v) is 12.7. The van der Waals surface area contributed by atoms with E-state index in [-0.39, 0.29) is 23.8 Å². The van der Waals surface area contributed by atoms with E-state index in [4.69, 9.17) is 5.11 Å². The molecule has 0 bridgehead atoms. The van der Waals surface area contributed by atoms with E-state index < -0.39 is 10.0 Å². The van der Waals surface area contributed by atoms with E-state index in [9.17, 15) is 13.2 Å². The topological polar surface area (TPSA) is 86.7 Å². The van der Waals surface area contributed by atoms with Crippen LogP contribution in [-0.2, 0) is 14.8 Å². The van der Waals surface area contributed by atoms with Gasteiger partial charge in [0.05, 0.1) is 4.90 Å². The summed E-state index contributed by atoms with van der Waals surface area (Å²) in [5, 5.41) is 11.3. The molecule has 0 aliphatic carbocycles. The van der Waals surface area contributed by atoms with E-state index in [1.54, 1.807) is 13.0 Å². The highest BCUT2D eigenvalue weighted by Gasteiger charge is 2.18. The highest BCUT2D eigenvalue weighted by atomic mass is 32.2. The molecule has 7 heteroatoms. The van der Waals surface area contributed by atoms with Gasteiger partial charge in [0.15, 0.2) is 0 Å². The van der Waals surface area contributed by atoms with Crippen LogP contribution in [0.1, 0.15) is 18.4 Å². The first-order chi connectivity index (χ1) is 9.28. The van der Waals surface area contributed by atoms with Crippen molar-refractivity contribution in [3.05, 3.63) is 23.8 Å². The molecule has 1 amide bonds. The second-order valence-corrected chi connectivity index (χ2v) is 6.79. The molecule has 1 aromatic rings. The number of aliphatic hydroxyl groups is 1. The molecule has 1 rings (SSSR count). The highest BCUT2D eigenvalue weighted by molar-refractivity contribution is 7.89. The summed E-state index contributed by atoms with van der Waals surface area (Å²) in [4.78, 5) is 11.8. The molecule has 112 valence electrons. The zero-order chi connectivity index (χ0) is 15.3. The average Bonchev–Trinajstić information content (AvgIpc) is 2.38. The van der Waals surface area contributed by atoms with Crippen LogP contribution in [0, 0.1) is 6.92 Å². The van der Waals surface area contributed by atoms with Gasteiger partial charge in [0.1, 0.15) is 0 Å². The van der Waals surface area contributed by atoms with Crippen LogP contribution in [0.3, 0.4) is 0 Å². The van der Waals surface area contributed by atoms with Crippen LogP contribution in [0.5, 0.6) is 0 Å². The monoisotopic (exact) mass is 300 g/mol. The van der Waals surface area contributed by atoms with Crippen LogP contribution in [0.15, 0.2) is 23.1 Å². The second kappa shape index (κ2) is 6.83. The highest BCUT2D eigenvalue weighted by Crippen LogP contribution is 2.22. The Hall–Kier alpha value is -1.44. The first-order valence-corrected chi connectivity index (χ1v) is 7.67. The van der Waals surface area contributed by atoms with Crippen molar-refractivity contribution in [3.63, 3.8) is 0 Å². The molecule has 0 atom stereocenters. The van der Waals surface area contributed by atoms with E-state index in [1.807, 2.05) is 0 Å². The Kier molecular flexibility index (Phi) is 5.67. The number of amides is 1. The molecule has 0 radical (unpaired) electrons. The lowest BCUT2D eigenvalue weighted by Gasteiger charge is -2.14. The van der Waals surface area contributed by atoms with Crippen LogP contribution in [0.25, 0.3) is 0 Å². The van der Waals surface area contributed by atoms with Crippen molar-refractivity contribution in [1.82, 2.24) is 4.31 Å². The fourth-order valence-corrected chi connectivity index (χ4v) is 2.49. The Morgan fingerprint density at radius 2 is 2.00 bits per heavy atom. The predicted octanol–water partition coefficient (Wildman–Crippen LogP) is 0.956. The van der Waals surface area contributed by atoms with Gasteiger partial charge in [0, 0.05) is 32.8 Å². The lowest BCUT2D eigenvalue weighted by atomic mass is 10.2. The van der Waals surface area contributed by atoms with Crippen molar-refractivity contribution in [2.45, 2.75) is 24.7 Å². The van der Waals surface area contributed by atoms with Crippen molar-refractivity contribution in [3.8, 4) is 0 Å². The van der Waals surface area contributed by atoms with Crippen LogP contribution in [0.2, 0.25) is 0 Å². The summed E-state index contributed by atoms with van der Waals surface area (Å²) in [7, 11) is -0.621. The van der Waals surface area contributed by atoms with Gasteiger partial charge in [-0.25, -0.2) is 12.7 Å². The average molecular weight is 300 g/mol. The van der Waals surface area contributed by atoms with Gasteiger partial charge < -0.3 is 10.4 Å². The SMILES string of the molecule is Cc1ccc(S(=O)(=O)N(C)C)cc1NC(=O)CCCO.